The van der Waals surface area contributed by atoms with E-state index in [-0.39, 0.29) is 24.3 Å². The maximum atomic E-state index is 12.2. The van der Waals surface area contributed by atoms with E-state index in [1.165, 1.54) is 6.08 Å². The number of carboxylic acid groups (broad SMARTS) is 1. The maximum absolute atomic E-state index is 12.2. The van der Waals surface area contributed by atoms with E-state index in [1.54, 1.807) is 13.8 Å². The minimum atomic E-state index is -1.63. The second-order valence-electron chi connectivity index (χ2n) is 7.04. The van der Waals surface area contributed by atoms with Gasteiger partial charge in [0.15, 0.2) is 6.10 Å². The fourth-order valence-corrected chi connectivity index (χ4v) is 2.38. The molecule has 1 aliphatic heterocycles. The molecule has 0 aliphatic carbocycles. The fourth-order valence-electron chi connectivity index (χ4n) is 2.38. The van der Waals surface area contributed by atoms with E-state index in [9.17, 15) is 24.9 Å². The Balaban J connectivity index is 3.21. The second-order valence-corrected chi connectivity index (χ2v) is 7.04. The second kappa shape index (κ2) is 9.86. The number of carbonyl (C=O) groups excluding carboxylic acids is 1. The Hall–Kier alpha value is -1.68. The maximum Gasteiger partial charge on any atom is 0.370 e. The van der Waals surface area contributed by atoms with E-state index in [4.69, 9.17) is 14.6 Å². The van der Waals surface area contributed by atoms with Crippen molar-refractivity contribution in [2.24, 2.45) is 11.8 Å². The van der Waals surface area contributed by atoms with Crippen molar-refractivity contribution in [1.82, 2.24) is 5.32 Å². The van der Waals surface area contributed by atoms with Crippen molar-refractivity contribution in [3.8, 4) is 0 Å². The summed E-state index contributed by atoms with van der Waals surface area (Å²) in [6.45, 7) is 6.70. The van der Waals surface area contributed by atoms with Crippen molar-refractivity contribution in [3.05, 3.63) is 11.8 Å². The summed E-state index contributed by atoms with van der Waals surface area (Å²) in [5, 5.41) is 41.1. The van der Waals surface area contributed by atoms with E-state index in [0.717, 1.165) is 0 Å². The molecule has 0 aromatic carbocycles. The van der Waals surface area contributed by atoms with Gasteiger partial charge in [0.1, 0.15) is 18.3 Å². The molecular weight excluding hydrogens is 346 g/mol. The van der Waals surface area contributed by atoms with E-state index in [0.29, 0.717) is 0 Å². The molecular formula is C17H29NO8. The van der Waals surface area contributed by atoms with Gasteiger partial charge in [-0.2, -0.15) is 0 Å². The first-order valence-corrected chi connectivity index (χ1v) is 8.59. The lowest BCUT2D eigenvalue weighted by atomic mass is 9.93. The Labute approximate surface area is 152 Å². The number of ether oxygens (including phenoxy) is 2. The van der Waals surface area contributed by atoms with Crippen LogP contribution in [0.15, 0.2) is 11.8 Å². The van der Waals surface area contributed by atoms with E-state index >= 15 is 0 Å². The molecule has 0 unspecified atom stereocenters. The number of hydrogen-bond donors (Lipinski definition) is 5. The molecule has 1 rings (SSSR count). The van der Waals surface area contributed by atoms with Crippen molar-refractivity contribution < 1.29 is 39.5 Å². The van der Waals surface area contributed by atoms with Gasteiger partial charge in [0.25, 0.3) is 0 Å². The van der Waals surface area contributed by atoms with Gasteiger partial charge in [0, 0.05) is 12.5 Å². The average Bonchev–Trinajstić information content (AvgIpc) is 2.58. The molecule has 9 nitrogen and oxygen atoms in total. The lowest BCUT2D eigenvalue weighted by Gasteiger charge is -2.40. The zero-order valence-corrected chi connectivity index (χ0v) is 15.5. The van der Waals surface area contributed by atoms with Gasteiger partial charge >= 0.3 is 5.97 Å². The van der Waals surface area contributed by atoms with Crippen LogP contribution < -0.4 is 5.32 Å². The normalized spacial score (nSPS) is 25.4. The van der Waals surface area contributed by atoms with Crippen LogP contribution in [0.25, 0.3) is 0 Å². The van der Waals surface area contributed by atoms with E-state index in [1.807, 2.05) is 13.8 Å². The number of carbonyl (C=O) groups is 2. The number of aliphatic hydroxyl groups is 3. The summed E-state index contributed by atoms with van der Waals surface area (Å²) in [6, 6.07) is -0.942. The summed E-state index contributed by atoms with van der Waals surface area (Å²) in [4.78, 5) is 23.5. The predicted molar refractivity (Wildman–Crippen MR) is 91.0 cm³/mol. The van der Waals surface area contributed by atoms with Crippen molar-refractivity contribution in [2.45, 2.75) is 58.2 Å². The van der Waals surface area contributed by atoms with Crippen LogP contribution in [-0.2, 0) is 19.1 Å². The average molecular weight is 375 g/mol. The van der Waals surface area contributed by atoms with Crippen LogP contribution in [0, 0.1) is 11.8 Å². The molecule has 0 saturated heterocycles. The Kier molecular flexibility index (Phi) is 8.48. The topological polar surface area (TPSA) is 146 Å². The molecule has 0 bridgehead atoms. The van der Waals surface area contributed by atoms with Crippen molar-refractivity contribution in [3.63, 3.8) is 0 Å². The zero-order chi connectivity index (χ0) is 20.0. The van der Waals surface area contributed by atoms with Gasteiger partial charge < -0.3 is 35.2 Å². The molecule has 0 spiro atoms. The van der Waals surface area contributed by atoms with Crippen molar-refractivity contribution in [2.75, 3.05) is 13.2 Å². The van der Waals surface area contributed by atoms with Gasteiger partial charge in [0.2, 0.25) is 11.7 Å². The molecule has 1 heterocycles. The molecule has 0 radical (unpaired) electrons. The van der Waals surface area contributed by atoms with Crippen LogP contribution in [0.1, 0.15) is 27.7 Å². The summed E-state index contributed by atoms with van der Waals surface area (Å²) in [6.07, 6.45) is -4.17. The number of amides is 1. The van der Waals surface area contributed by atoms with Crippen LogP contribution in [-0.4, -0.2) is 76.0 Å². The quantitative estimate of drug-likeness (QED) is 0.354. The fraction of sp³-hybridized carbons (Fsp3) is 0.765. The van der Waals surface area contributed by atoms with Gasteiger partial charge in [-0.3, -0.25) is 4.79 Å². The summed E-state index contributed by atoms with van der Waals surface area (Å²) in [5.41, 5.74) is 0. The lowest BCUT2D eigenvalue weighted by molar-refractivity contribution is -0.152. The van der Waals surface area contributed by atoms with Gasteiger partial charge in [-0.05, 0) is 12.0 Å². The molecule has 0 aromatic heterocycles. The SMILES string of the molecule is CC(C)CO[C@@H]1C=C(C(=O)O)O[C@@H]([C@H](O)[C@H](O)CO)[C@@H]1NC(=O)C(C)C. The summed E-state index contributed by atoms with van der Waals surface area (Å²) in [7, 11) is 0. The van der Waals surface area contributed by atoms with E-state index < -0.39 is 48.8 Å². The molecule has 5 N–H and O–H groups in total. The number of rotatable bonds is 9. The first kappa shape index (κ1) is 22.4. The molecule has 26 heavy (non-hydrogen) atoms. The van der Waals surface area contributed by atoms with Crippen LogP contribution >= 0.6 is 0 Å². The standard InChI is InChI=1S/C17H29NO8/c1-8(2)7-25-11-5-12(17(23)24)26-15(14(21)10(20)6-19)13(11)18-16(22)9(3)4/h5,8-11,13-15,19-21H,6-7H2,1-4H3,(H,18,22)(H,23,24)/t10-,11-,13-,14-,15-/m1/s1. The lowest BCUT2D eigenvalue weighted by Crippen LogP contribution is -2.61. The minimum Gasteiger partial charge on any atom is -0.478 e. The summed E-state index contributed by atoms with van der Waals surface area (Å²) < 4.78 is 11.0. The highest BCUT2D eigenvalue weighted by molar-refractivity contribution is 5.85. The Bertz CT molecular complexity index is 519. The third kappa shape index (κ3) is 5.94. The highest BCUT2D eigenvalue weighted by Crippen LogP contribution is 2.25. The third-order valence-electron chi connectivity index (χ3n) is 3.87. The van der Waals surface area contributed by atoms with Crippen molar-refractivity contribution >= 4 is 11.9 Å². The predicted octanol–water partition coefficient (Wildman–Crippen LogP) is -0.750. The first-order valence-electron chi connectivity index (χ1n) is 8.59. The third-order valence-corrected chi connectivity index (χ3v) is 3.87. The highest BCUT2D eigenvalue weighted by atomic mass is 16.5. The molecule has 5 atom stereocenters. The summed E-state index contributed by atoms with van der Waals surface area (Å²) >= 11 is 0. The van der Waals surface area contributed by atoms with Gasteiger partial charge in [-0.25, -0.2) is 4.79 Å². The Morgan fingerprint density at radius 1 is 1.27 bits per heavy atom. The first-order chi connectivity index (χ1) is 12.1. The highest BCUT2D eigenvalue weighted by Gasteiger charge is 2.44. The van der Waals surface area contributed by atoms with Crippen LogP contribution in [0.5, 0.6) is 0 Å². The monoisotopic (exact) mass is 375 g/mol. The number of nitrogens with one attached hydrogen (secondary N) is 1. The van der Waals surface area contributed by atoms with Crippen LogP contribution in [0.3, 0.4) is 0 Å². The van der Waals surface area contributed by atoms with Crippen LogP contribution in [0.4, 0.5) is 0 Å². The zero-order valence-electron chi connectivity index (χ0n) is 15.5. The number of carboxylic acids is 1. The summed E-state index contributed by atoms with van der Waals surface area (Å²) in [5.74, 6) is -2.39. The smallest absolute Gasteiger partial charge is 0.370 e. The van der Waals surface area contributed by atoms with Gasteiger partial charge in [0.05, 0.1) is 12.6 Å². The molecule has 1 amide bonds. The molecule has 1 aliphatic rings. The van der Waals surface area contributed by atoms with E-state index in [2.05, 4.69) is 5.32 Å². The number of hydrogen-bond acceptors (Lipinski definition) is 7. The Morgan fingerprint density at radius 3 is 2.35 bits per heavy atom. The number of aliphatic carboxylic acids is 1. The van der Waals surface area contributed by atoms with Crippen molar-refractivity contribution in [1.29, 1.82) is 0 Å². The van der Waals surface area contributed by atoms with Gasteiger partial charge in [-0.1, -0.05) is 27.7 Å². The Morgan fingerprint density at radius 2 is 1.88 bits per heavy atom. The molecule has 150 valence electrons. The molecule has 0 aromatic rings. The molecule has 9 heteroatoms. The largest absolute Gasteiger partial charge is 0.478 e. The molecule has 0 fully saturated rings. The molecule has 0 saturated carbocycles. The number of aliphatic hydroxyl groups excluding tert-OH is 3. The van der Waals surface area contributed by atoms with Crippen LogP contribution in [0.2, 0.25) is 0 Å². The van der Waals surface area contributed by atoms with Gasteiger partial charge in [-0.15, -0.1) is 0 Å². The minimum absolute atomic E-state index is 0.146.